The van der Waals surface area contributed by atoms with Gasteiger partial charge in [0.05, 0.1) is 18.2 Å². The van der Waals surface area contributed by atoms with Gasteiger partial charge in [-0.3, -0.25) is 9.59 Å². The van der Waals surface area contributed by atoms with E-state index in [-0.39, 0.29) is 33.6 Å². The predicted octanol–water partition coefficient (Wildman–Crippen LogP) is 1.97. The van der Waals surface area contributed by atoms with Gasteiger partial charge in [-0.25, -0.2) is 4.79 Å². The van der Waals surface area contributed by atoms with Gasteiger partial charge in [-0.05, 0) is 30.7 Å². The number of hydrogen-bond donors (Lipinski definition) is 2. The summed E-state index contributed by atoms with van der Waals surface area (Å²) in [6.07, 6.45) is 0. The summed E-state index contributed by atoms with van der Waals surface area (Å²) in [7, 11) is 1.11. The van der Waals surface area contributed by atoms with E-state index >= 15 is 0 Å². The Bertz CT molecular complexity index is 894. The maximum absolute atomic E-state index is 12.7. The number of benzene rings is 2. The van der Waals surface area contributed by atoms with Crippen LogP contribution in [-0.4, -0.2) is 34.9 Å². The average Bonchev–Trinajstić information content (AvgIpc) is 2.54. The minimum Gasteiger partial charge on any atom is -0.507 e. The second-order valence-corrected chi connectivity index (χ2v) is 5.19. The number of carbonyl (C=O) groups is 3. The van der Waals surface area contributed by atoms with E-state index in [1.54, 1.807) is 6.92 Å². The summed E-state index contributed by atoms with van der Waals surface area (Å²) in [6, 6.07) is 5.32. The molecule has 116 valence electrons. The molecule has 2 aromatic rings. The van der Waals surface area contributed by atoms with E-state index < -0.39 is 23.3 Å². The molecule has 1 aliphatic rings. The Morgan fingerprint density at radius 1 is 0.957 bits per heavy atom. The normalized spacial score (nSPS) is 12.6. The fourth-order valence-corrected chi connectivity index (χ4v) is 2.71. The summed E-state index contributed by atoms with van der Waals surface area (Å²) in [5.74, 6) is -2.84. The SMILES string of the molecule is COC(=O)c1c(O)ccc2c1C(=O)c1ccc(C)c(O)c1C2=O. The van der Waals surface area contributed by atoms with Crippen LogP contribution in [-0.2, 0) is 4.74 Å². The van der Waals surface area contributed by atoms with Gasteiger partial charge in [0, 0.05) is 11.1 Å². The van der Waals surface area contributed by atoms with E-state index in [0.717, 1.165) is 13.2 Å². The van der Waals surface area contributed by atoms with Crippen molar-refractivity contribution < 1.29 is 29.3 Å². The van der Waals surface area contributed by atoms with Crippen molar-refractivity contribution >= 4 is 17.5 Å². The lowest BCUT2D eigenvalue weighted by atomic mass is 9.80. The molecule has 0 saturated heterocycles. The van der Waals surface area contributed by atoms with Crippen LogP contribution in [0.4, 0.5) is 0 Å². The highest BCUT2D eigenvalue weighted by atomic mass is 16.5. The summed E-state index contributed by atoms with van der Waals surface area (Å²) in [5.41, 5.74) is -0.265. The van der Waals surface area contributed by atoms with E-state index in [0.29, 0.717) is 5.56 Å². The van der Waals surface area contributed by atoms with Crippen LogP contribution in [0.1, 0.15) is 47.8 Å². The third kappa shape index (κ3) is 1.92. The summed E-state index contributed by atoms with van der Waals surface area (Å²) in [4.78, 5) is 37.3. The van der Waals surface area contributed by atoms with Crippen LogP contribution in [0, 0.1) is 6.92 Å². The van der Waals surface area contributed by atoms with Crippen molar-refractivity contribution in [3.63, 3.8) is 0 Å². The van der Waals surface area contributed by atoms with Crippen molar-refractivity contribution in [1.29, 1.82) is 0 Å². The second-order valence-electron chi connectivity index (χ2n) is 5.19. The fraction of sp³-hybridized carbons (Fsp3) is 0.118. The fourth-order valence-electron chi connectivity index (χ4n) is 2.71. The number of phenolic OH excluding ortho intramolecular Hbond substituents is 2. The van der Waals surface area contributed by atoms with Crippen molar-refractivity contribution in [2.45, 2.75) is 6.92 Å². The van der Waals surface area contributed by atoms with Crippen molar-refractivity contribution in [1.82, 2.24) is 0 Å². The maximum atomic E-state index is 12.7. The maximum Gasteiger partial charge on any atom is 0.342 e. The largest absolute Gasteiger partial charge is 0.507 e. The Balaban J connectivity index is 2.38. The lowest BCUT2D eigenvalue weighted by molar-refractivity contribution is 0.0594. The molecule has 2 N–H and O–H groups in total. The first-order chi connectivity index (χ1) is 10.9. The molecule has 0 saturated carbocycles. The zero-order valence-electron chi connectivity index (χ0n) is 12.3. The zero-order valence-corrected chi connectivity index (χ0v) is 12.3. The average molecular weight is 312 g/mol. The van der Waals surface area contributed by atoms with Crippen LogP contribution in [0.5, 0.6) is 11.5 Å². The molecule has 6 heteroatoms. The van der Waals surface area contributed by atoms with Gasteiger partial charge in [-0.2, -0.15) is 0 Å². The molecule has 0 amide bonds. The molecule has 0 aromatic heterocycles. The molecule has 23 heavy (non-hydrogen) atoms. The Labute approximate surface area is 130 Å². The number of aryl methyl sites for hydroxylation is 1. The summed E-state index contributed by atoms with van der Waals surface area (Å²) in [5, 5.41) is 20.0. The molecule has 0 atom stereocenters. The molecule has 2 aromatic carbocycles. The van der Waals surface area contributed by atoms with E-state index in [9.17, 15) is 24.6 Å². The van der Waals surface area contributed by atoms with Crippen molar-refractivity contribution in [3.8, 4) is 11.5 Å². The minimum absolute atomic E-state index is 0.0126. The number of esters is 1. The molecular formula is C17H12O6. The number of aromatic hydroxyl groups is 2. The number of ether oxygens (including phenoxy) is 1. The molecule has 0 aliphatic heterocycles. The topological polar surface area (TPSA) is 101 Å². The number of rotatable bonds is 1. The van der Waals surface area contributed by atoms with Gasteiger partial charge in [-0.15, -0.1) is 0 Å². The third-order valence-electron chi connectivity index (χ3n) is 3.90. The number of methoxy groups -OCH3 is 1. The number of fused-ring (bicyclic) bond motifs is 2. The molecule has 1 aliphatic carbocycles. The van der Waals surface area contributed by atoms with Crippen LogP contribution < -0.4 is 0 Å². The van der Waals surface area contributed by atoms with Crippen molar-refractivity contribution in [2.24, 2.45) is 0 Å². The van der Waals surface area contributed by atoms with Gasteiger partial charge in [0.2, 0.25) is 0 Å². The van der Waals surface area contributed by atoms with Gasteiger partial charge in [0.1, 0.15) is 17.1 Å². The van der Waals surface area contributed by atoms with Gasteiger partial charge in [0.25, 0.3) is 0 Å². The zero-order chi connectivity index (χ0) is 16.9. The first kappa shape index (κ1) is 14.8. The highest BCUT2D eigenvalue weighted by Crippen LogP contribution is 2.38. The quantitative estimate of drug-likeness (QED) is 0.666. The molecule has 0 bridgehead atoms. The van der Waals surface area contributed by atoms with Crippen molar-refractivity contribution in [2.75, 3.05) is 7.11 Å². The number of hydrogen-bond acceptors (Lipinski definition) is 6. The van der Waals surface area contributed by atoms with Crippen LogP contribution >= 0.6 is 0 Å². The first-order valence-electron chi connectivity index (χ1n) is 6.74. The van der Waals surface area contributed by atoms with Gasteiger partial charge >= 0.3 is 5.97 Å². The molecule has 0 radical (unpaired) electrons. The van der Waals surface area contributed by atoms with E-state index in [1.807, 2.05) is 0 Å². The van der Waals surface area contributed by atoms with E-state index in [1.165, 1.54) is 18.2 Å². The lowest BCUT2D eigenvalue weighted by Crippen LogP contribution is -2.24. The van der Waals surface area contributed by atoms with E-state index in [2.05, 4.69) is 4.74 Å². The van der Waals surface area contributed by atoms with Crippen molar-refractivity contribution in [3.05, 3.63) is 57.6 Å². The van der Waals surface area contributed by atoms with Gasteiger partial charge < -0.3 is 14.9 Å². The molecule has 0 heterocycles. The van der Waals surface area contributed by atoms with Crippen LogP contribution in [0.25, 0.3) is 0 Å². The first-order valence-corrected chi connectivity index (χ1v) is 6.74. The highest BCUT2D eigenvalue weighted by molar-refractivity contribution is 6.31. The molecule has 3 rings (SSSR count). The molecular weight excluding hydrogens is 300 g/mol. The molecule has 0 spiro atoms. The molecule has 0 fully saturated rings. The lowest BCUT2D eigenvalue weighted by Gasteiger charge is -2.21. The summed E-state index contributed by atoms with van der Waals surface area (Å²) < 4.78 is 4.59. The number of carbonyl (C=O) groups excluding carboxylic acids is 3. The van der Waals surface area contributed by atoms with Gasteiger partial charge in [0.15, 0.2) is 11.6 Å². The Kier molecular flexibility index (Phi) is 3.18. The smallest absolute Gasteiger partial charge is 0.342 e. The van der Waals surface area contributed by atoms with Crippen LogP contribution in [0.2, 0.25) is 0 Å². The minimum atomic E-state index is -0.916. The summed E-state index contributed by atoms with van der Waals surface area (Å²) in [6.45, 7) is 1.61. The predicted molar refractivity (Wildman–Crippen MR) is 79.2 cm³/mol. The van der Waals surface area contributed by atoms with Gasteiger partial charge in [-0.1, -0.05) is 6.07 Å². The summed E-state index contributed by atoms with van der Waals surface area (Å²) >= 11 is 0. The Hall–Kier alpha value is -3.15. The van der Waals surface area contributed by atoms with Crippen LogP contribution in [0.3, 0.4) is 0 Å². The van der Waals surface area contributed by atoms with Crippen LogP contribution in [0.15, 0.2) is 24.3 Å². The highest BCUT2D eigenvalue weighted by Gasteiger charge is 2.37. The Morgan fingerprint density at radius 2 is 1.52 bits per heavy atom. The number of phenols is 2. The standard InChI is InChI=1S/C17H12O6/c1-7-3-4-9-12(14(7)19)16(21)8-5-6-10(18)13(17(22)23-2)11(8)15(9)20/h3-6,18-19H,1-2H3. The number of ketones is 2. The third-order valence-corrected chi connectivity index (χ3v) is 3.90. The monoisotopic (exact) mass is 312 g/mol. The Morgan fingerprint density at radius 3 is 2.17 bits per heavy atom. The van der Waals surface area contributed by atoms with E-state index in [4.69, 9.17) is 0 Å². The molecule has 0 unspecified atom stereocenters. The molecule has 6 nitrogen and oxygen atoms in total. The second kappa shape index (κ2) is 4.95.